The van der Waals surface area contributed by atoms with E-state index in [1.165, 1.54) is 30.2 Å². The maximum Gasteiger partial charge on any atom is 0.311 e. The number of nitrogens with one attached hydrogen (secondary N) is 1. The van der Waals surface area contributed by atoms with E-state index in [0.717, 1.165) is 11.1 Å². The number of carbonyl (C=O) groups excluding carboxylic acids is 2. The molecule has 0 aliphatic heterocycles. The number of rotatable bonds is 9. The molecule has 0 bridgehead atoms. The van der Waals surface area contributed by atoms with Crippen molar-refractivity contribution in [1.29, 1.82) is 0 Å². The fourth-order valence-electron chi connectivity index (χ4n) is 3.15. The first kappa shape index (κ1) is 25.6. The molecule has 33 heavy (non-hydrogen) atoms. The van der Waals surface area contributed by atoms with E-state index in [4.69, 9.17) is 9.47 Å². The average Bonchev–Trinajstić information content (AvgIpc) is 2.74. The van der Waals surface area contributed by atoms with Gasteiger partial charge in [-0.3, -0.25) is 19.7 Å². The maximum atomic E-state index is 13.2. The Morgan fingerprint density at radius 3 is 2.42 bits per heavy atom. The van der Waals surface area contributed by atoms with Crippen molar-refractivity contribution in [2.75, 3.05) is 13.7 Å². The lowest BCUT2D eigenvalue weighted by atomic mass is 10.1. The number of aryl methyl sites for hydroxylation is 1. The summed E-state index contributed by atoms with van der Waals surface area (Å²) in [6.45, 7) is 9.11. The summed E-state index contributed by atoms with van der Waals surface area (Å²) in [4.78, 5) is 37.9. The van der Waals surface area contributed by atoms with Crippen LogP contribution >= 0.6 is 0 Å². The molecule has 1 atom stereocenters. The normalized spacial score (nSPS) is 11.9. The Balaban J connectivity index is 2.23. The molecule has 0 aliphatic carbocycles. The predicted molar refractivity (Wildman–Crippen MR) is 124 cm³/mol. The first-order chi connectivity index (χ1) is 15.4. The van der Waals surface area contributed by atoms with Gasteiger partial charge >= 0.3 is 5.69 Å². The summed E-state index contributed by atoms with van der Waals surface area (Å²) in [5.74, 6) is -0.401. The topological polar surface area (TPSA) is 111 Å². The molecule has 2 amide bonds. The third-order valence-corrected chi connectivity index (χ3v) is 4.98. The summed E-state index contributed by atoms with van der Waals surface area (Å²) in [5, 5.41) is 14.0. The number of ether oxygens (including phenoxy) is 2. The highest BCUT2D eigenvalue weighted by atomic mass is 16.6. The molecule has 178 valence electrons. The van der Waals surface area contributed by atoms with Crippen LogP contribution in [0.1, 0.15) is 38.8 Å². The zero-order chi connectivity index (χ0) is 24.8. The van der Waals surface area contributed by atoms with Gasteiger partial charge in [-0.2, -0.15) is 0 Å². The fourth-order valence-corrected chi connectivity index (χ4v) is 3.15. The van der Waals surface area contributed by atoms with Crippen LogP contribution in [0, 0.1) is 17.0 Å². The van der Waals surface area contributed by atoms with Crippen LogP contribution in [0.5, 0.6) is 11.5 Å². The summed E-state index contributed by atoms with van der Waals surface area (Å²) in [5.41, 5.74) is 1.26. The van der Waals surface area contributed by atoms with E-state index in [9.17, 15) is 19.7 Å². The van der Waals surface area contributed by atoms with Crippen LogP contribution in [0.2, 0.25) is 0 Å². The maximum absolute atomic E-state index is 13.2. The lowest BCUT2D eigenvalue weighted by molar-refractivity contribution is -0.385. The van der Waals surface area contributed by atoms with Crippen LogP contribution in [0.4, 0.5) is 5.69 Å². The van der Waals surface area contributed by atoms with Gasteiger partial charge in [0, 0.05) is 24.2 Å². The van der Waals surface area contributed by atoms with Gasteiger partial charge in [-0.1, -0.05) is 24.3 Å². The highest BCUT2D eigenvalue weighted by Gasteiger charge is 2.29. The second-order valence-corrected chi connectivity index (χ2v) is 8.74. The van der Waals surface area contributed by atoms with E-state index in [1.54, 1.807) is 6.92 Å². The zero-order valence-corrected chi connectivity index (χ0v) is 19.9. The summed E-state index contributed by atoms with van der Waals surface area (Å²) >= 11 is 0. The Morgan fingerprint density at radius 1 is 1.18 bits per heavy atom. The molecular formula is C24H31N3O6. The van der Waals surface area contributed by atoms with Crippen molar-refractivity contribution in [3.63, 3.8) is 0 Å². The van der Waals surface area contributed by atoms with Crippen molar-refractivity contribution >= 4 is 17.5 Å². The third-order valence-electron chi connectivity index (χ3n) is 4.98. The third kappa shape index (κ3) is 7.20. The second-order valence-electron chi connectivity index (χ2n) is 8.74. The van der Waals surface area contributed by atoms with Crippen molar-refractivity contribution in [2.45, 2.75) is 52.7 Å². The Labute approximate surface area is 193 Å². The minimum Gasteiger partial charge on any atom is -0.490 e. The minimum absolute atomic E-state index is 0.0274. The molecule has 2 aromatic carbocycles. The first-order valence-corrected chi connectivity index (χ1v) is 10.5. The quantitative estimate of drug-likeness (QED) is 0.455. The van der Waals surface area contributed by atoms with Crippen molar-refractivity contribution in [3.8, 4) is 11.5 Å². The van der Waals surface area contributed by atoms with Crippen LogP contribution in [-0.2, 0) is 16.1 Å². The lowest BCUT2D eigenvalue weighted by Crippen LogP contribution is -2.53. The van der Waals surface area contributed by atoms with Gasteiger partial charge in [0.25, 0.3) is 5.91 Å². The van der Waals surface area contributed by atoms with Gasteiger partial charge in [-0.05, 0) is 51.8 Å². The Bertz CT molecular complexity index is 1020. The van der Waals surface area contributed by atoms with Crippen LogP contribution < -0.4 is 14.8 Å². The van der Waals surface area contributed by atoms with E-state index in [1.807, 2.05) is 52.0 Å². The number of methoxy groups -OCH3 is 1. The van der Waals surface area contributed by atoms with Gasteiger partial charge in [0.15, 0.2) is 6.61 Å². The average molecular weight is 458 g/mol. The number of carbonyl (C=O) groups is 2. The van der Waals surface area contributed by atoms with E-state index >= 15 is 0 Å². The van der Waals surface area contributed by atoms with Gasteiger partial charge in [0.1, 0.15) is 11.8 Å². The summed E-state index contributed by atoms with van der Waals surface area (Å²) in [6, 6.07) is 10.9. The molecule has 0 aromatic heterocycles. The number of nitro benzene ring substituents is 1. The Hall–Kier alpha value is -3.62. The smallest absolute Gasteiger partial charge is 0.311 e. The minimum atomic E-state index is -0.744. The number of nitro groups is 1. The molecule has 9 nitrogen and oxygen atoms in total. The molecule has 0 saturated carbocycles. The van der Waals surface area contributed by atoms with Gasteiger partial charge in [0.05, 0.1) is 12.0 Å². The molecule has 2 rings (SSSR count). The van der Waals surface area contributed by atoms with Gasteiger partial charge in [0.2, 0.25) is 11.7 Å². The molecule has 0 radical (unpaired) electrons. The SMILES string of the molecule is COc1cc(OCC(=O)N(Cc2ccccc2C)[C@@H](C)C(=O)NC(C)(C)C)ccc1[N+](=O)[O-]. The molecule has 0 aliphatic rings. The molecule has 2 aromatic rings. The molecule has 0 spiro atoms. The van der Waals surface area contributed by atoms with Gasteiger partial charge in [-0.15, -0.1) is 0 Å². The first-order valence-electron chi connectivity index (χ1n) is 10.5. The number of benzene rings is 2. The molecular weight excluding hydrogens is 426 g/mol. The van der Waals surface area contributed by atoms with E-state index in [-0.39, 0.29) is 36.2 Å². The summed E-state index contributed by atoms with van der Waals surface area (Å²) in [7, 11) is 1.32. The van der Waals surface area contributed by atoms with Crippen molar-refractivity contribution < 1.29 is 24.0 Å². The molecule has 0 saturated heterocycles. The highest BCUT2D eigenvalue weighted by molar-refractivity contribution is 5.88. The van der Waals surface area contributed by atoms with Crippen LogP contribution in [-0.4, -0.2) is 46.9 Å². The van der Waals surface area contributed by atoms with Gasteiger partial charge < -0.3 is 19.7 Å². The molecule has 0 fully saturated rings. The number of nitrogens with zero attached hydrogens (tertiary/aromatic N) is 2. The highest BCUT2D eigenvalue weighted by Crippen LogP contribution is 2.30. The molecule has 0 unspecified atom stereocenters. The van der Waals surface area contributed by atoms with Crippen molar-refractivity contribution in [3.05, 3.63) is 63.7 Å². The van der Waals surface area contributed by atoms with Crippen LogP contribution in [0.3, 0.4) is 0 Å². The van der Waals surface area contributed by atoms with Gasteiger partial charge in [-0.25, -0.2) is 0 Å². The Kier molecular flexibility index (Phi) is 8.39. The van der Waals surface area contributed by atoms with Crippen LogP contribution in [0.15, 0.2) is 42.5 Å². The number of hydrogen-bond donors (Lipinski definition) is 1. The molecule has 0 heterocycles. The standard InChI is InChI=1S/C24H31N3O6/c1-16-9-7-8-10-18(16)14-26(17(2)23(29)25-24(3,4)5)22(28)15-33-19-11-12-20(27(30)31)21(13-19)32-6/h7-13,17H,14-15H2,1-6H3,(H,25,29)/t17-/m0/s1. The van der Waals surface area contributed by atoms with E-state index in [2.05, 4.69) is 5.32 Å². The van der Waals surface area contributed by atoms with E-state index < -0.39 is 22.4 Å². The monoisotopic (exact) mass is 457 g/mol. The predicted octanol–water partition coefficient (Wildman–Crippen LogP) is 3.62. The summed E-state index contributed by atoms with van der Waals surface area (Å²) < 4.78 is 10.6. The molecule has 9 heteroatoms. The molecule has 1 N–H and O–H groups in total. The number of hydrogen-bond acceptors (Lipinski definition) is 6. The number of amides is 2. The van der Waals surface area contributed by atoms with Crippen molar-refractivity contribution in [2.24, 2.45) is 0 Å². The lowest BCUT2D eigenvalue weighted by Gasteiger charge is -2.31. The largest absolute Gasteiger partial charge is 0.490 e. The van der Waals surface area contributed by atoms with Crippen molar-refractivity contribution in [1.82, 2.24) is 10.2 Å². The zero-order valence-electron chi connectivity index (χ0n) is 19.9. The summed E-state index contributed by atoms with van der Waals surface area (Å²) in [6.07, 6.45) is 0. The fraction of sp³-hybridized carbons (Fsp3) is 0.417. The van der Waals surface area contributed by atoms with Crippen LogP contribution in [0.25, 0.3) is 0 Å². The van der Waals surface area contributed by atoms with E-state index in [0.29, 0.717) is 0 Å². The second kappa shape index (κ2) is 10.8. The Morgan fingerprint density at radius 2 is 1.85 bits per heavy atom.